The van der Waals surface area contributed by atoms with Gasteiger partial charge in [0.15, 0.2) is 11.6 Å². The molecule has 1 aliphatic heterocycles. The molecule has 164 valence electrons. The van der Waals surface area contributed by atoms with Gasteiger partial charge in [-0.15, -0.1) is 0 Å². The minimum absolute atomic E-state index is 0.0363. The molecule has 1 fully saturated rings. The summed E-state index contributed by atoms with van der Waals surface area (Å²) in [6.45, 7) is 1.28. The number of carbonyl (C=O) groups is 2. The fraction of sp³-hybridized carbons (Fsp3) is 0.364. The van der Waals surface area contributed by atoms with E-state index in [0.717, 1.165) is 31.0 Å². The fourth-order valence-corrected chi connectivity index (χ4v) is 3.83. The number of nitrogens with zero attached hydrogens (tertiary/aromatic N) is 1. The molecule has 0 bridgehead atoms. The number of hydrogen-bond donors (Lipinski definition) is 2. The Hall–Kier alpha value is -3.10. The first-order valence-corrected chi connectivity index (χ1v) is 10.0. The molecule has 1 heterocycles. The van der Waals surface area contributed by atoms with Gasteiger partial charge in [0.05, 0.1) is 18.3 Å². The van der Waals surface area contributed by atoms with Crippen LogP contribution in [0.4, 0.5) is 28.0 Å². The van der Waals surface area contributed by atoms with Gasteiger partial charge in [-0.05, 0) is 37.5 Å². The van der Waals surface area contributed by atoms with Gasteiger partial charge in [0.2, 0.25) is 5.91 Å². The summed E-state index contributed by atoms with van der Waals surface area (Å²) in [5.74, 6) is -3.95. The smallest absolute Gasteiger partial charge is 0.322 e. The van der Waals surface area contributed by atoms with Crippen molar-refractivity contribution in [3.63, 3.8) is 0 Å². The molecular weight excluding hydrogens is 414 g/mol. The molecule has 2 aromatic carbocycles. The van der Waals surface area contributed by atoms with E-state index in [0.29, 0.717) is 6.42 Å². The molecule has 2 atom stereocenters. The van der Waals surface area contributed by atoms with Crippen LogP contribution in [-0.4, -0.2) is 22.9 Å². The summed E-state index contributed by atoms with van der Waals surface area (Å²) in [7, 11) is 0. The maximum absolute atomic E-state index is 14.3. The number of halogens is 4. The van der Waals surface area contributed by atoms with Crippen LogP contribution in [0.15, 0.2) is 30.3 Å². The van der Waals surface area contributed by atoms with Crippen molar-refractivity contribution in [2.75, 3.05) is 5.32 Å². The van der Waals surface area contributed by atoms with Gasteiger partial charge in [-0.1, -0.05) is 18.9 Å². The number of urea groups is 1. The van der Waals surface area contributed by atoms with Crippen LogP contribution in [-0.2, 0) is 11.3 Å². The second-order valence-electron chi connectivity index (χ2n) is 8.04. The first-order chi connectivity index (χ1) is 14.7. The molecule has 5 nitrogen and oxygen atoms in total. The summed E-state index contributed by atoms with van der Waals surface area (Å²) in [6.07, 6.45) is 2.16. The number of anilines is 1. The Labute approximate surface area is 176 Å². The Morgan fingerprint density at radius 1 is 1.16 bits per heavy atom. The predicted molar refractivity (Wildman–Crippen MR) is 105 cm³/mol. The van der Waals surface area contributed by atoms with E-state index in [1.165, 1.54) is 17.0 Å². The molecule has 0 radical (unpaired) electrons. The molecule has 2 aromatic rings. The molecule has 4 rings (SSSR count). The minimum atomic E-state index is -1.07. The first-order valence-electron chi connectivity index (χ1n) is 10.0. The molecule has 0 unspecified atom stereocenters. The third kappa shape index (κ3) is 4.35. The largest absolute Gasteiger partial charge is 0.348 e. The molecule has 0 saturated heterocycles. The normalized spacial score (nSPS) is 17.6. The van der Waals surface area contributed by atoms with E-state index in [2.05, 4.69) is 10.6 Å². The SMILES string of the molecule is C[C@@H](NC(=O)[C@@H](CC1CC1)N1Cc2c(ccc(F)c2F)NC1=O)c1ccc(F)cc1F. The van der Waals surface area contributed by atoms with Gasteiger partial charge >= 0.3 is 6.03 Å². The highest BCUT2D eigenvalue weighted by atomic mass is 19.2. The number of amides is 3. The maximum atomic E-state index is 14.3. The predicted octanol–water partition coefficient (Wildman–Crippen LogP) is 4.64. The second kappa shape index (κ2) is 8.20. The van der Waals surface area contributed by atoms with Crippen LogP contribution in [0, 0.1) is 29.2 Å². The lowest BCUT2D eigenvalue weighted by atomic mass is 10.0. The maximum Gasteiger partial charge on any atom is 0.322 e. The zero-order valence-corrected chi connectivity index (χ0v) is 16.7. The number of carbonyl (C=O) groups excluding carboxylic acids is 2. The van der Waals surface area contributed by atoms with Gasteiger partial charge in [-0.3, -0.25) is 4.79 Å². The fourth-order valence-electron chi connectivity index (χ4n) is 3.83. The molecular formula is C22H21F4N3O2. The monoisotopic (exact) mass is 435 g/mol. The molecule has 1 aliphatic carbocycles. The van der Waals surface area contributed by atoms with Crippen LogP contribution >= 0.6 is 0 Å². The van der Waals surface area contributed by atoms with Crippen molar-refractivity contribution in [3.05, 3.63) is 64.7 Å². The van der Waals surface area contributed by atoms with Gasteiger partial charge in [0.25, 0.3) is 0 Å². The Bertz CT molecular complexity index is 1040. The van der Waals surface area contributed by atoms with E-state index in [1.807, 2.05) is 0 Å². The summed E-state index contributed by atoms with van der Waals surface area (Å²) in [4.78, 5) is 26.9. The number of nitrogens with one attached hydrogen (secondary N) is 2. The van der Waals surface area contributed by atoms with Gasteiger partial charge < -0.3 is 15.5 Å². The molecule has 0 spiro atoms. The molecule has 0 aromatic heterocycles. The third-order valence-corrected chi connectivity index (χ3v) is 5.75. The van der Waals surface area contributed by atoms with Crippen molar-refractivity contribution in [1.29, 1.82) is 0 Å². The summed E-state index contributed by atoms with van der Waals surface area (Å²) >= 11 is 0. The number of rotatable bonds is 6. The van der Waals surface area contributed by atoms with Crippen LogP contribution in [0.25, 0.3) is 0 Å². The summed E-state index contributed by atoms with van der Waals surface area (Å²) in [5.41, 5.74) is 0.222. The van der Waals surface area contributed by atoms with E-state index < -0.39 is 47.3 Å². The van der Waals surface area contributed by atoms with Gasteiger partial charge in [0.1, 0.15) is 17.7 Å². The van der Waals surface area contributed by atoms with E-state index in [9.17, 15) is 27.2 Å². The zero-order valence-electron chi connectivity index (χ0n) is 16.7. The van der Waals surface area contributed by atoms with Crippen molar-refractivity contribution in [2.24, 2.45) is 5.92 Å². The topological polar surface area (TPSA) is 61.4 Å². The van der Waals surface area contributed by atoms with E-state index in [-0.39, 0.29) is 29.3 Å². The van der Waals surface area contributed by atoms with E-state index in [4.69, 9.17) is 0 Å². The van der Waals surface area contributed by atoms with Crippen molar-refractivity contribution >= 4 is 17.6 Å². The third-order valence-electron chi connectivity index (χ3n) is 5.75. The van der Waals surface area contributed by atoms with Crippen LogP contribution in [0.3, 0.4) is 0 Å². The second-order valence-corrected chi connectivity index (χ2v) is 8.04. The molecule has 9 heteroatoms. The zero-order chi connectivity index (χ0) is 22.3. The lowest BCUT2D eigenvalue weighted by Crippen LogP contribution is -2.53. The average molecular weight is 435 g/mol. The Morgan fingerprint density at radius 3 is 2.58 bits per heavy atom. The van der Waals surface area contributed by atoms with Gasteiger partial charge in [-0.2, -0.15) is 0 Å². The highest BCUT2D eigenvalue weighted by Crippen LogP contribution is 2.37. The van der Waals surface area contributed by atoms with Crippen molar-refractivity contribution < 1.29 is 27.2 Å². The lowest BCUT2D eigenvalue weighted by molar-refractivity contribution is -0.126. The Morgan fingerprint density at radius 2 is 1.90 bits per heavy atom. The highest BCUT2D eigenvalue weighted by molar-refractivity contribution is 5.96. The van der Waals surface area contributed by atoms with Gasteiger partial charge in [0, 0.05) is 17.2 Å². The Balaban J connectivity index is 1.57. The van der Waals surface area contributed by atoms with Crippen LogP contribution in [0.5, 0.6) is 0 Å². The van der Waals surface area contributed by atoms with Crippen LogP contribution < -0.4 is 10.6 Å². The standard InChI is InChI=1S/C22H21F4N3O2/c1-11(14-5-4-13(23)9-17(14)25)27-21(30)19(8-12-2-3-12)29-10-15-18(28-22(29)31)7-6-16(24)20(15)26/h4-7,9,11-12,19H,2-3,8,10H2,1H3,(H,27,30)(H,28,31)/t11-,19-/m1/s1. The summed E-state index contributed by atoms with van der Waals surface area (Å²) in [6, 6.07) is 2.93. The molecule has 1 saturated carbocycles. The Kier molecular flexibility index (Phi) is 5.60. The van der Waals surface area contributed by atoms with Gasteiger partial charge in [-0.25, -0.2) is 22.4 Å². The lowest BCUT2D eigenvalue weighted by Gasteiger charge is -2.36. The molecule has 2 N–H and O–H groups in total. The first kappa shape index (κ1) is 21.1. The quantitative estimate of drug-likeness (QED) is 0.650. The number of hydrogen-bond acceptors (Lipinski definition) is 2. The molecule has 2 aliphatic rings. The minimum Gasteiger partial charge on any atom is -0.348 e. The van der Waals surface area contributed by atoms with Crippen molar-refractivity contribution in [1.82, 2.24) is 10.2 Å². The van der Waals surface area contributed by atoms with Crippen LogP contribution in [0.1, 0.15) is 43.4 Å². The summed E-state index contributed by atoms with van der Waals surface area (Å²) in [5, 5.41) is 5.17. The number of benzene rings is 2. The molecule has 31 heavy (non-hydrogen) atoms. The van der Waals surface area contributed by atoms with E-state index >= 15 is 0 Å². The number of fused-ring (bicyclic) bond motifs is 1. The van der Waals surface area contributed by atoms with E-state index in [1.54, 1.807) is 6.92 Å². The average Bonchev–Trinajstić information content (AvgIpc) is 3.53. The molecule has 3 amide bonds. The summed E-state index contributed by atoms with van der Waals surface area (Å²) < 4.78 is 55.3. The van der Waals surface area contributed by atoms with Crippen molar-refractivity contribution in [3.8, 4) is 0 Å². The van der Waals surface area contributed by atoms with Crippen molar-refractivity contribution in [2.45, 2.75) is 44.8 Å². The van der Waals surface area contributed by atoms with Crippen LogP contribution in [0.2, 0.25) is 0 Å². The highest BCUT2D eigenvalue weighted by Gasteiger charge is 2.39.